The first-order chi connectivity index (χ1) is 17.0. The van der Waals surface area contributed by atoms with Crippen molar-refractivity contribution < 1.29 is 18.4 Å². The average Bonchev–Trinajstić information content (AvgIpc) is 2.87. The van der Waals surface area contributed by atoms with E-state index in [1.165, 1.54) is 24.3 Å². The molecule has 7 heteroatoms. The van der Waals surface area contributed by atoms with E-state index in [-0.39, 0.29) is 35.9 Å². The first-order valence-corrected chi connectivity index (χ1v) is 11.8. The van der Waals surface area contributed by atoms with Crippen LogP contribution in [0.3, 0.4) is 0 Å². The Morgan fingerprint density at radius 1 is 0.771 bits per heavy atom. The number of hydrogen-bond acceptors (Lipinski definition) is 3. The van der Waals surface area contributed by atoms with Crippen LogP contribution in [0.1, 0.15) is 29.2 Å². The van der Waals surface area contributed by atoms with Gasteiger partial charge in [-0.2, -0.15) is 0 Å². The van der Waals surface area contributed by atoms with E-state index in [1.807, 2.05) is 35.2 Å². The summed E-state index contributed by atoms with van der Waals surface area (Å²) in [6.07, 6.45) is 0.543. The van der Waals surface area contributed by atoms with Gasteiger partial charge in [0.2, 0.25) is 11.8 Å². The van der Waals surface area contributed by atoms with Gasteiger partial charge in [-0.1, -0.05) is 54.6 Å². The van der Waals surface area contributed by atoms with Crippen molar-refractivity contribution in [1.29, 1.82) is 0 Å². The van der Waals surface area contributed by atoms with E-state index in [0.29, 0.717) is 39.1 Å². The number of amides is 2. The molecule has 5 nitrogen and oxygen atoms in total. The largest absolute Gasteiger partial charge is 0.355 e. The van der Waals surface area contributed by atoms with Crippen LogP contribution in [0.4, 0.5) is 8.78 Å². The number of nitrogens with one attached hydrogen (secondary N) is 1. The lowest BCUT2D eigenvalue weighted by Crippen LogP contribution is -2.50. The van der Waals surface area contributed by atoms with Crippen molar-refractivity contribution in [1.82, 2.24) is 15.1 Å². The minimum absolute atomic E-state index is 0.00442. The number of carbonyl (C=O) groups excluding carboxylic acids is 2. The van der Waals surface area contributed by atoms with Crippen LogP contribution < -0.4 is 5.32 Å². The minimum atomic E-state index is -0.308. The fourth-order valence-corrected chi connectivity index (χ4v) is 4.44. The monoisotopic (exact) mass is 477 g/mol. The third kappa shape index (κ3) is 6.73. The first-order valence-electron chi connectivity index (χ1n) is 11.8. The topological polar surface area (TPSA) is 52.7 Å². The molecule has 0 saturated carbocycles. The summed E-state index contributed by atoms with van der Waals surface area (Å²) in [5, 5.41) is 2.82. The van der Waals surface area contributed by atoms with Crippen LogP contribution in [-0.2, 0) is 16.0 Å². The normalized spacial score (nSPS) is 14.2. The summed E-state index contributed by atoms with van der Waals surface area (Å²) in [5.74, 6) is -0.712. The van der Waals surface area contributed by atoms with Crippen LogP contribution >= 0.6 is 0 Å². The molecule has 1 aliphatic rings. The van der Waals surface area contributed by atoms with E-state index in [4.69, 9.17) is 0 Å². The highest BCUT2D eigenvalue weighted by atomic mass is 19.1. The van der Waals surface area contributed by atoms with Crippen molar-refractivity contribution in [2.75, 3.05) is 32.7 Å². The summed E-state index contributed by atoms with van der Waals surface area (Å²) in [6, 6.07) is 22.0. The van der Waals surface area contributed by atoms with Crippen molar-refractivity contribution in [3.8, 4) is 0 Å². The van der Waals surface area contributed by atoms with E-state index in [1.54, 1.807) is 24.3 Å². The van der Waals surface area contributed by atoms with Crippen molar-refractivity contribution in [2.45, 2.75) is 18.9 Å². The SMILES string of the molecule is O=C(Cc1ccccc1)NCCC(=O)N1CCN(C(c2ccc(F)cc2)c2ccc(F)cc2)CC1. The van der Waals surface area contributed by atoms with Gasteiger partial charge in [0.25, 0.3) is 0 Å². The van der Waals surface area contributed by atoms with Gasteiger partial charge in [0.15, 0.2) is 0 Å². The Labute approximate surface area is 204 Å². The van der Waals surface area contributed by atoms with E-state index < -0.39 is 0 Å². The molecular formula is C28H29F2N3O2. The number of rotatable bonds is 8. The first kappa shape index (κ1) is 24.5. The van der Waals surface area contributed by atoms with Gasteiger partial charge in [-0.05, 0) is 41.0 Å². The number of carbonyl (C=O) groups is 2. The summed E-state index contributed by atoms with van der Waals surface area (Å²) in [5.41, 5.74) is 2.77. The molecule has 0 aromatic heterocycles. The Hall–Kier alpha value is -3.58. The third-order valence-corrected chi connectivity index (χ3v) is 6.27. The molecular weight excluding hydrogens is 448 g/mol. The lowest BCUT2D eigenvalue weighted by molar-refractivity contribution is -0.133. The summed E-state index contributed by atoms with van der Waals surface area (Å²) in [7, 11) is 0. The zero-order chi connectivity index (χ0) is 24.6. The van der Waals surface area contributed by atoms with Crippen LogP contribution in [0.25, 0.3) is 0 Å². The Bertz CT molecular complexity index is 1070. The maximum atomic E-state index is 13.5. The van der Waals surface area contributed by atoms with Crippen molar-refractivity contribution in [2.24, 2.45) is 0 Å². The second-order valence-electron chi connectivity index (χ2n) is 8.68. The molecule has 182 valence electrons. The summed E-state index contributed by atoms with van der Waals surface area (Å²) < 4.78 is 27.0. The predicted molar refractivity (Wildman–Crippen MR) is 131 cm³/mol. The lowest BCUT2D eigenvalue weighted by atomic mass is 9.96. The van der Waals surface area contributed by atoms with E-state index in [0.717, 1.165) is 16.7 Å². The smallest absolute Gasteiger partial charge is 0.224 e. The lowest BCUT2D eigenvalue weighted by Gasteiger charge is -2.40. The summed E-state index contributed by atoms with van der Waals surface area (Å²) in [4.78, 5) is 28.9. The molecule has 0 radical (unpaired) electrons. The predicted octanol–water partition coefficient (Wildman–Crippen LogP) is 3.95. The second-order valence-corrected chi connectivity index (χ2v) is 8.68. The number of piperazine rings is 1. The number of nitrogens with zero attached hydrogens (tertiary/aromatic N) is 2. The molecule has 1 fully saturated rings. The van der Waals surface area contributed by atoms with Crippen molar-refractivity contribution >= 4 is 11.8 Å². The maximum absolute atomic E-state index is 13.5. The quantitative estimate of drug-likeness (QED) is 0.535. The molecule has 2 amide bonds. The molecule has 0 aliphatic carbocycles. The molecule has 0 spiro atoms. The zero-order valence-electron chi connectivity index (χ0n) is 19.5. The molecule has 0 atom stereocenters. The van der Waals surface area contributed by atoms with Gasteiger partial charge in [-0.15, -0.1) is 0 Å². The minimum Gasteiger partial charge on any atom is -0.355 e. The fraction of sp³-hybridized carbons (Fsp3) is 0.286. The molecule has 4 rings (SSSR count). The molecule has 0 unspecified atom stereocenters. The highest BCUT2D eigenvalue weighted by molar-refractivity contribution is 5.80. The molecule has 35 heavy (non-hydrogen) atoms. The van der Waals surface area contributed by atoms with Gasteiger partial charge in [0.1, 0.15) is 11.6 Å². The Balaban J connectivity index is 1.31. The van der Waals surface area contributed by atoms with Crippen LogP contribution in [0.2, 0.25) is 0 Å². The van der Waals surface area contributed by atoms with E-state index in [2.05, 4.69) is 10.2 Å². The third-order valence-electron chi connectivity index (χ3n) is 6.27. The average molecular weight is 478 g/mol. The van der Waals surface area contributed by atoms with Crippen molar-refractivity contribution in [3.63, 3.8) is 0 Å². The van der Waals surface area contributed by atoms with Gasteiger partial charge < -0.3 is 10.2 Å². The molecule has 0 bridgehead atoms. The van der Waals surface area contributed by atoms with E-state index >= 15 is 0 Å². The van der Waals surface area contributed by atoms with Crippen LogP contribution in [0.15, 0.2) is 78.9 Å². The summed E-state index contributed by atoms with van der Waals surface area (Å²) in [6.45, 7) is 2.67. The van der Waals surface area contributed by atoms with Crippen LogP contribution in [-0.4, -0.2) is 54.3 Å². The van der Waals surface area contributed by atoms with Gasteiger partial charge >= 0.3 is 0 Å². The molecule has 1 saturated heterocycles. The number of hydrogen-bond donors (Lipinski definition) is 1. The number of halogens is 2. The summed E-state index contributed by atoms with van der Waals surface area (Å²) >= 11 is 0. The van der Waals surface area contributed by atoms with E-state index in [9.17, 15) is 18.4 Å². The molecule has 1 N–H and O–H groups in total. The molecule has 1 aliphatic heterocycles. The fourth-order valence-electron chi connectivity index (χ4n) is 4.44. The molecule has 3 aromatic rings. The molecule has 3 aromatic carbocycles. The van der Waals surface area contributed by atoms with Gasteiger partial charge in [0, 0.05) is 39.1 Å². The van der Waals surface area contributed by atoms with Gasteiger partial charge in [-0.25, -0.2) is 8.78 Å². The molecule has 1 heterocycles. The Kier molecular flexibility index (Phi) is 8.21. The second kappa shape index (κ2) is 11.7. The van der Waals surface area contributed by atoms with Gasteiger partial charge in [-0.3, -0.25) is 14.5 Å². The standard InChI is InChI=1S/C28H29F2N3O2/c29-24-10-6-22(7-11-24)28(23-8-12-25(30)13-9-23)33-18-16-32(17-19-33)27(35)14-15-31-26(34)20-21-4-2-1-3-5-21/h1-13,28H,14-20H2,(H,31,34). The Morgan fingerprint density at radius 2 is 1.31 bits per heavy atom. The zero-order valence-corrected chi connectivity index (χ0v) is 19.5. The highest BCUT2D eigenvalue weighted by Crippen LogP contribution is 2.30. The van der Waals surface area contributed by atoms with Gasteiger partial charge in [0.05, 0.1) is 12.5 Å². The van der Waals surface area contributed by atoms with Crippen LogP contribution in [0.5, 0.6) is 0 Å². The Morgan fingerprint density at radius 3 is 1.86 bits per heavy atom. The maximum Gasteiger partial charge on any atom is 0.224 e. The number of benzene rings is 3. The highest BCUT2D eigenvalue weighted by Gasteiger charge is 2.28. The van der Waals surface area contributed by atoms with Crippen molar-refractivity contribution in [3.05, 3.63) is 107 Å². The van der Waals surface area contributed by atoms with Crippen LogP contribution in [0, 0.1) is 11.6 Å².